The number of hydrogen-bond acceptors (Lipinski definition) is 4. The zero-order valence-corrected chi connectivity index (χ0v) is 14.6. The number of carboxylic acid groups (broad SMARTS) is 1. The molecule has 1 N–H and O–H groups in total. The van der Waals surface area contributed by atoms with Crippen LogP contribution in [0.2, 0.25) is 0 Å². The van der Waals surface area contributed by atoms with Crippen molar-refractivity contribution in [3.8, 4) is 11.4 Å². The number of hydrogen-bond donors (Lipinski definition) is 1. The van der Waals surface area contributed by atoms with E-state index in [2.05, 4.69) is 10.1 Å². The van der Waals surface area contributed by atoms with Crippen LogP contribution in [0.25, 0.3) is 16.7 Å². The van der Waals surface area contributed by atoms with E-state index >= 15 is 0 Å². The standard InChI is InChI=1S/C19H16F3N3O3/c20-19(21,22)10-28-14-9-13(18(26)27)23-17-15(14)16(11-5-4-6-11)24-25(17)12-7-2-1-3-8-12/h1-3,7-9,11H,4-6,10H2,(H,26,27). The molecule has 4 rings (SSSR count). The summed E-state index contributed by atoms with van der Waals surface area (Å²) in [5.74, 6) is -1.44. The van der Waals surface area contributed by atoms with E-state index in [1.165, 1.54) is 4.68 Å². The van der Waals surface area contributed by atoms with Gasteiger partial charge < -0.3 is 9.84 Å². The van der Waals surface area contributed by atoms with Crippen LogP contribution < -0.4 is 4.74 Å². The molecule has 1 aliphatic rings. The first kappa shape index (κ1) is 18.3. The molecule has 1 aliphatic carbocycles. The van der Waals surface area contributed by atoms with Gasteiger partial charge in [0.1, 0.15) is 5.75 Å². The summed E-state index contributed by atoms with van der Waals surface area (Å²) in [6.07, 6.45) is -1.82. The number of rotatable bonds is 5. The van der Waals surface area contributed by atoms with Crippen LogP contribution in [0.5, 0.6) is 5.75 Å². The van der Waals surface area contributed by atoms with Crippen molar-refractivity contribution in [3.63, 3.8) is 0 Å². The minimum atomic E-state index is -4.55. The molecule has 0 unspecified atom stereocenters. The van der Waals surface area contributed by atoms with Gasteiger partial charge in [0.15, 0.2) is 17.9 Å². The fourth-order valence-corrected chi connectivity index (χ4v) is 3.21. The number of fused-ring (bicyclic) bond motifs is 1. The van der Waals surface area contributed by atoms with Gasteiger partial charge in [0.25, 0.3) is 0 Å². The van der Waals surface area contributed by atoms with Crippen LogP contribution in [0.3, 0.4) is 0 Å². The third-order valence-electron chi connectivity index (χ3n) is 4.73. The van der Waals surface area contributed by atoms with Gasteiger partial charge in [0.05, 0.1) is 16.8 Å². The molecule has 0 amide bonds. The van der Waals surface area contributed by atoms with Gasteiger partial charge in [-0.3, -0.25) is 0 Å². The molecule has 0 saturated heterocycles. The van der Waals surface area contributed by atoms with Crippen LogP contribution in [-0.2, 0) is 0 Å². The van der Waals surface area contributed by atoms with Crippen LogP contribution in [0.15, 0.2) is 36.4 Å². The van der Waals surface area contributed by atoms with Crippen molar-refractivity contribution in [1.29, 1.82) is 0 Å². The molecule has 1 saturated carbocycles. The van der Waals surface area contributed by atoms with Crippen molar-refractivity contribution in [2.45, 2.75) is 31.4 Å². The van der Waals surface area contributed by atoms with Crippen LogP contribution in [-0.4, -0.2) is 38.6 Å². The lowest BCUT2D eigenvalue weighted by molar-refractivity contribution is -0.153. The molecule has 2 aromatic heterocycles. The Balaban J connectivity index is 1.95. The Morgan fingerprint density at radius 2 is 1.96 bits per heavy atom. The Kier molecular flexibility index (Phi) is 4.44. The molecule has 6 nitrogen and oxygen atoms in total. The maximum Gasteiger partial charge on any atom is 0.422 e. The summed E-state index contributed by atoms with van der Waals surface area (Å²) in [6, 6.07) is 9.96. The number of aromatic carboxylic acids is 1. The summed E-state index contributed by atoms with van der Waals surface area (Å²) in [6.45, 7) is -1.52. The number of nitrogens with zero attached hydrogens (tertiary/aromatic N) is 3. The topological polar surface area (TPSA) is 77.2 Å². The summed E-state index contributed by atoms with van der Waals surface area (Å²) in [4.78, 5) is 15.6. The third-order valence-corrected chi connectivity index (χ3v) is 4.73. The van der Waals surface area contributed by atoms with Crippen molar-refractivity contribution in [1.82, 2.24) is 14.8 Å². The number of pyridine rings is 1. The van der Waals surface area contributed by atoms with E-state index in [9.17, 15) is 23.1 Å². The highest BCUT2D eigenvalue weighted by molar-refractivity contribution is 5.94. The monoisotopic (exact) mass is 391 g/mol. The highest BCUT2D eigenvalue weighted by Gasteiger charge is 2.32. The Labute approximate surface area is 157 Å². The average molecular weight is 391 g/mol. The molecule has 146 valence electrons. The average Bonchev–Trinajstić information content (AvgIpc) is 2.97. The summed E-state index contributed by atoms with van der Waals surface area (Å²) < 4.78 is 44.7. The second-order valence-electron chi connectivity index (χ2n) is 6.67. The summed E-state index contributed by atoms with van der Waals surface area (Å²) >= 11 is 0. The van der Waals surface area contributed by atoms with Gasteiger partial charge in [-0.15, -0.1) is 0 Å². The second kappa shape index (κ2) is 6.81. The predicted octanol–water partition coefficient (Wildman–Crippen LogP) is 4.33. The van der Waals surface area contributed by atoms with E-state index in [4.69, 9.17) is 4.74 Å². The smallest absolute Gasteiger partial charge is 0.422 e. The largest absolute Gasteiger partial charge is 0.483 e. The van der Waals surface area contributed by atoms with Crippen molar-refractivity contribution in [2.75, 3.05) is 6.61 Å². The highest BCUT2D eigenvalue weighted by Crippen LogP contribution is 2.42. The molecule has 9 heteroatoms. The number of para-hydroxylation sites is 1. The lowest BCUT2D eigenvalue weighted by atomic mass is 9.82. The molecule has 0 spiro atoms. The SMILES string of the molecule is O=C(O)c1cc(OCC(F)(F)F)c2c(C3CCC3)nn(-c3ccccc3)c2n1. The van der Waals surface area contributed by atoms with Crippen molar-refractivity contribution < 1.29 is 27.8 Å². The highest BCUT2D eigenvalue weighted by atomic mass is 19.4. The Hall–Kier alpha value is -3.10. The molecule has 28 heavy (non-hydrogen) atoms. The quantitative estimate of drug-likeness (QED) is 0.701. The van der Waals surface area contributed by atoms with E-state index in [1.54, 1.807) is 24.3 Å². The first-order valence-corrected chi connectivity index (χ1v) is 8.75. The van der Waals surface area contributed by atoms with Gasteiger partial charge in [-0.1, -0.05) is 24.6 Å². The first-order valence-electron chi connectivity index (χ1n) is 8.75. The fraction of sp³-hybridized carbons (Fsp3) is 0.316. The maximum absolute atomic E-state index is 12.7. The fourth-order valence-electron chi connectivity index (χ4n) is 3.21. The number of alkyl halides is 3. The van der Waals surface area contributed by atoms with Crippen LogP contribution >= 0.6 is 0 Å². The van der Waals surface area contributed by atoms with Gasteiger partial charge >= 0.3 is 12.1 Å². The lowest BCUT2D eigenvalue weighted by Crippen LogP contribution is -2.20. The number of carboxylic acids is 1. The molecule has 0 radical (unpaired) electrons. The molecule has 0 bridgehead atoms. The van der Waals surface area contributed by atoms with Crippen LogP contribution in [0, 0.1) is 0 Å². The minimum Gasteiger partial charge on any atom is -0.483 e. The number of benzene rings is 1. The second-order valence-corrected chi connectivity index (χ2v) is 6.67. The molecule has 3 aromatic rings. The van der Waals surface area contributed by atoms with E-state index < -0.39 is 24.4 Å². The first-order chi connectivity index (χ1) is 13.3. The summed E-state index contributed by atoms with van der Waals surface area (Å²) in [5.41, 5.74) is 0.994. The zero-order valence-electron chi connectivity index (χ0n) is 14.6. The van der Waals surface area contributed by atoms with Gasteiger partial charge in [0.2, 0.25) is 0 Å². The molecular formula is C19H16F3N3O3. The predicted molar refractivity (Wildman–Crippen MR) is 94.0 cm³/mol. The van der Waals surface area contributed by atoms with Crippen LogP contribution in [0.4, 0.5) is 13.2 Å². The Morgan fingerprint density at radius 1 is 1.25 bits per heavy atom. The molecule has 0 atom stereocenters. The maximum atomic E-state index is 12.7. The van der Waals surface area contributed by atoms with Crippen molar-refractivity contribution >= 4 is 17.0 Å². The number of carbonyl (C=O) groups is 1. The van der Waals surface area contributed by atoms with Gasteiger partial charge in [-0.2, -0.15) is 18.3 Å². The summed E-state index contributed by atoms with van der Waals surface area (Å²) in [7, 11) is 0. The molecule has 1 aromatic carbocycles. The Bertz CT molecular complexity index is 1030. The number of aromatic nitrogens is 3. The molecule has 2 heterocycles. The van der Waals surface area contributed by atoms with E-state index in [-0.39, 0.29) is 17.3 Å². The molecular weight excluding hydrogens is 375 g/mol. The Morgan fingerprint density at radius 3 is 2.54 bits per heavy atom. The minimum absolute atomic E-state index is 0.0816. The lowest BCUT2D eigenvalue weighted by Gasteiger charge is -2.24. The number of halogens is 3. The molecule has 0 aliphatic heterocycles. The van der Waals surface area contributed by atoms with E-state index in [0.717, 1.165) is 25.3 Å². The van der Waals surface area contributed by atoms with Crippen molar-refractivity contribution in [3.05, 3.63) is 47.8 Å². The van der Waals surface area contributed by atoms with Gasteiger partial charge in [0, 0.05) is 12.0 Å². The van der Waals surface area contributed by atoms with Crippen LogP contribution in [0.1, 0.15) is 41.4 Å². The van der Waals surface area contributed by atoms with Crippen molar-refractivity contribution in [2.24, 2.45) is 0 Å². The number of ether oxygens (including phenoxy) is 1. The van der Waals surface area contributed by atoms with Gasteiger partial charge in [-0.25, -0.2) is 14.5 Å². The van der Waals surface area contributed by atoms with E-state index in [0.29, 0.717) is 16.8 Å². The summed E-state index contributed by atoms with van der Waals surface area (Å²) in [5, 5.41) is 14.3. The van der Waals surface area contributed by atoms with E-state index in [1.807, 2.05) is 6.07 Å². The zero-order chi connectivity index (χ0) is 19.9. The molecule has 1 fully saturated rings. The normalized spacial score (nSPS) is 14.8. The third kappa shape index (κ3) is 3.39. The van der Waals surface area contributed by atoms with Gasteiger partial charge in [-0.05, 0) is 25.0 Å².